The molecule has 1 N–H and O–H groups in total. The normalized spacial score (nSPS) is 19.0. The summed E-state index contributed by atoms with van der Waals surface area (Å²) < 4.78 is 22.0. The van der Waals surface area contributed by atoms with Gasteiger partial charge in [-0.05, 0) is 25.7 Å². The van der Waals surface area contributed by atoms with Crippen LogP contribution in [0.5, 0.6) is 0 Å². The van der Waals surface area contributed by atoms with E-state index in [1.807, 2.05) is 0 Å². The Morgan fingerprint density at radius 1 is 0.952 bits per heavy atom. The second kappa shape index (κ2) is 14.7. The molecular weight excluding hydrogens is 270 g/mol. The van der Waals surface area contributed by atoms with Crippen LogP contribution < -0.4 is 5.32 Å². The number of rotatable bonds is 14. The molecule has 5 heteroatoms. The van der Waals surface area contributed by atoms with Crippen LogP contribution in [-0.2, 0) is 18.9 Å². The maximum Gasteiger partial charge on any atom is 0.0701 e. The third kappa shape index (κ3) is 12.1. The lowest BCUT2D eigenvalue weighted by Crippen LogP contribution is -2.33. The fourth-order valence-corrected chi connectivity index (χ4v) is 2.16. The largest absolute Gasteiger partial charge is 0.379 e. The van der Waals surface area contributed by atoms with Crippen LogP contribution in [-0.4, -0.2) is 65.4 Å². The third-order valence-corrected chi connectivity index (χ3v) is 3.46. The van der Waals surface area contributed by atoms with Gasteiger partial charge in [0.25, 0.3) is 0 Å². The van der Waals surface area contributed by atoms with E-state index in [9.17, 15) is 0 Å². The van der Waals surface area contributed by atoms with Crippen molar-refractivity contribution in [1.82, 2.24) is 5.32 Å². The van der Waals surface area contributed by atoms with Crippen LogP contribution in [0, 0.1) is 0 Å². The van der Waals surface area contributed by atoms with Crippen LogP contribution >= 0.6 is 0 Å². The molecule has 1 fully saturated rings. The summed E-state index contributed by atoms with van der Waals surface area (Å²) in [6.07, 6.45) is 6.39. The van der Waals surface area contributed by atoms with Crippen molar-refractivity contribution in [3.63, 3.8) is 0 Å². The van der Waals surface area contributed by atoms with E-state index < -0.39 is 0 Å². The first kappa shape index (κ1) is 18.8. The van der Waals surface area contributed by atoms with Gasteiger partial charge < -0.3 is 24.3 Å². The average molecular weight is 303 g/mol. The fraction of sp³-hybridized carbons (Fsp3) is 1.00. The Kier molecular flexibility index (Phi) is 13.2. The second-order valence-electron chi connectivity index (χ2n) is 5.38. The number of ether oxygens (including phenoxy) is 4. The summed E-state index contributed by atoms with van der Waals surface area (Å²) in [6.45, 7) is 9.09. The number of nitrogens with one attached hydrogen (secondary N) is 1. The summed E-state index contributed by atoms with van der Waals surface area (Å²) in [5.41, 5.74) is 0. The van der Waals surface area contributed by atoms with Crippen molar-refractivity contribution < 1.29 is 18.9 Å². The molecule has 5 nitrogen and oxygen atoms in total. The van der Waals surface area contributed by atoms with Crippen LogP contribution in [0.3, 0.4) is 0 Å². The maximum absolute atomic E-state index is 5.65. The molecule has 0 amide bonds. The third-order valence-electron chi connectivity index (χ3n) is 3.46. The van der Waals surface area contributed by atoms with Gasteiger partial charge >= 0.3 is 0 Å². The van der Waals surface area contributed by atoms with Gasteiger partial charge in [-0.2, -0.15) is 0 Å². The number of unbranched alkanes of at least 4 members (excludes halogenated alkanes) is 1. The topological polar surface area (TPSA) is 49.0 Å². The minimum absolute atomic E-state index is 0.398. The SMILES string of the molecule is CCCCOCCOCCOCCNCC1CCCCO1. The molecule has 21 heavy (non-hydrogen) atoms. The second-order valence-corrected chi connectivity index (χ2v) is 5.38. The van der Waals surface area contributed by atoms with Crippen LogP contribution in [0.4, 0.5) is 0 Å². The van der Waals surface area contributed by atoms with E-state index in [0.29, 0.717) is 32.5 Å². The number of hydrogen-bond acceptors (Lipinski definition) is 5. The first-order chi connectivity index (χ1) is 10.4. The van der Waals surface area contributed by atoms with Crippen LogP contribution in [0.25, 0.3) is 0 Å². The minimum atomic E-state index is 0.398. The Morgan fingerprint density at radius 2 is 1.67 bits per heavy atom. The van der Waals surface area contributed by atoms with Crippen molar-refractivity contribution in [2.45, 2.75) is 45.1 Å². The molecule has 0 radical (unpaired) electrons. The average Bonchev–Trinajstić information content (AvgIpc) is 2.53. The number of hydrogen-bond donors (Lipinski definition) is 1. The molecule has 1 heterocycles. The smallest absolute Gasteiger partial charge is 0.0701 e. The van der Waals surface area contributed by atoms with Crippen LogP contribution in [0.15, 0.2) is 0 Å². The zero-order valence-electron chi connectivity index (χ0n) is 13.6. The molecule has 1 atom stereocenters. The van der Waals surface area contributed by atoms with E-state index in [2.05, 4.69) is 12.2 Å². The van der Waals surface area contributed by atoms with E-state index in [0.717, 1.165) is 39.3 Å². The van der Waals surface area contributed by atoms with Crippen molar-refractivity contribution in [2.75, 3.05) is 59.3 Å². The predicted octanol–water partition coefficient (Wildman–Crippen LogP) is 1.99. The Hall–Kier alpha value is -0.200. The van der Waals surface area contributed by atoms with E-state index in [4.69, 9.17) is 18.9 Å². The Balaban J connectivity index is 1.69. The lowest BCUT2D eigenvalue weighted by molar-refractivity contribution is 0.00879. The van der Waals surface area contributed by atoms with Crippen molar-refractivity contribution in [1.29, 1.82) is 0 Å². The van der Waals surface area contributed by atoms with E-state index in [1.54, 1.807) is 0 Å². The zero-order valence-corrected chi connectivity index (χ0v) is 13.6. The van der Waals surface area contributed by atoms with Gasteiger partial charge in [0.05, 0.1) is 39.1 Å². The monoisotopic (exact) mass is 303 g/mol. The highest BCUT2D eigenvalue weighted by molar-refractivity contribution is 4.65. The summed E-state index contributed by atoms with van der Waals surface area (Å²) in [6, 6.07) is 0. The van der Waals surface area contributed by atoms with E-state index in [-0.39, 0.29) is 0 Å². The molecule has 1 aliphatic rings. The van der Waals surface area contributed by atoms with Crippen molar-refractivity contribution in [3.05, 3.63) is 0 Å². The van der Waals surface area contributed by atoms with Crippen LogP contribution in [0.2, 0.25) is 0 Å². The standard InChI is InChI=1S/C16H33NO4/c1-2-3-8-18-11-13-20-14-12-19-10-7-17-15-16-6-4-5-9-21-16/h16-17H,2-15H2,1H3. The fourth-order valence-electron chi connectivity index (χ4n) is 2.16. The maximum atomic E-state index is 5.65. The first-order valence-corrected chi connectivity index (χ1v) is 8.49. The zero-order chi connectivity index (χ0) is 15.0. The molecule has 1 rings (SSSR count). The molecule has 0 bridgehead atoms. The van der Waals surface area contributed by atoms with Gasteiger partial charge in [-0.25, -0.2) is 0 Å². The Bertz CT molecular complexity index is 210. The quantitative estimate of drug-likeness (QED) is 0.497. The Labute approximate surface area is 129 Å². The summed E-state index contributed by atoms with van der Waals surface area (Å²) in [7, 11) is 0. The lowest BCUT2D eigenvalue weighted by atomic mass is 10.1. The van der Waals surface area contributed by atoms with Gasteiger partial charge in [0, 0.05) is 26.3 Å². The van der Waals surface area contributed by atoms with Gasteiger partial charge in [-0.15, -0.1) is 0 Å². The highest BCUT2D eigenvalue weighted by Gasteiger charge is 2.12. The van der Waals surface area contributed by atoms with E-state index in [1.165, 1.54) is 25.7 Å². The summed E-state index contributed by atoms with van der Waals surface area (Å²) in [5.74, 6) is 0. The van der Waals surface area contributed by atoms with Gasteiger partial charge in [-0.1, -0.05) is 13.3 Å². The molecule has 0 saturated carbocycles. The molecule has 1 unspecified atom stereocenters. The summed E-state index contributed by atoms with van der Waals surface area (Å²) >= 11 is 0. The van der Waals surface area contributed by atoms with Crippen molar-refractivity contribution >= 4 is 0 Å². The molecule has 0 aromatic heterocycles. The van der Waals surface area contributed by atoms with E-state index >= 15 is 0 Å². The van der Waals surface area contributed by atoms with Gasteiger partial charge in [-0.3, -0.25) is 0 Å². The molecule has 126 valence electrons. The molecule has 0 spiro atoms. The van der Waals surface area contributed by atoms with Gasteiger partial charge in [0.15, 0.2) is 0 Å². The van der Waals surface area contributed by atoms with Gasteiger partial charge in [0.2, 0.25) is 0 Å². The van der Waals surface area contributed by atoms with Crippen molar-refractivity contribution in [3.8, 4) is 0 Å². The first-order valence-electron chi connectivity index (χ1n) is 8.49. The van der Waals surface area contributed by atoms with Crippen molar-refractivity contribution in [2.24, 2.45) is 0 Å². The molecule has 0 aliphatic carbocycles. The molecule has 1 saturated heterocycles. The highest BCUT2D eigenvalue weighted by atomic mass is 16.5. The predicted molar refractivity (Wildman–Crippen MR) is 83.8 cm³/mol. The molecule has 0 aromatic rings. The van der Waals surface area contributed by atoms with Gasteiger partial charge in [0.1, 0.15) is 0 Å². The minimum Gasteiger partial charge on any atom is -0.379 e. The lowest BCUT2D eigenvalue weighted by Gasteiger charge is -2.22. The Morgan fingerprint density at radius 3 is 2.33 bits per heavy atom. The molecular formula is C16H33NO4. The summed E-state index contributed by atoms with van der Waals surface area (Å²) in [5, 5.41) is 3.38. The summed E-state index contributed by atoms with van der Waals surface area (Å²) in [4.78, 5) is 0. The van der Waals surface area contributed by atoms with Crippen LogP contribution in [0.1, 0.15) is 39.0 Å². The highest BCUT2D eigenvalue weighted by Crippen LogP contribution is 2.11. The molecule has 1 aliphatic heterocycles. The molecule has 0 aromatic carbocycles.